The minimum absolute atomic E-state index is 0.547. The topological polar surface area (TPSA) is 82.5 Å². The molecule has 0 fully saturated rings. The Morgan fingerprint density at radius 2 is 1.95 bits per heavy atom. The van der Waals surface area contributed by atoms with E-state index in [1.165, 1.54) is 7.11 Å². The van der Waals surface area contributed by atoms with Crippen LogP contribution in [0.15, 0.2) is 30.5 Å². The molecule has 0 aliphatic heterocycles. The summed E-state index contributed by atoms with van der Waals surface area (Å²) in [5.41, 5.74) is 0.121. The Morgan fingerprint density at radius 1 is 1.27 bits per heavy atom. The number of rotatable bonds is 3. The minimum Gasteiger partial charge on any atom is -0.453 e. The van der Waals surface area contributed by atoms with Crippen molar-refractivity contribution in [2.75, 3.05) is 7.11 Å². The largest absolute Gasteiger partial charge is 0.453 e. The van der Waals surface area contributed by atoms with Gasteiger partial charge in [-0.15, -0.1) is 5.10 Å². The number of carbonyl (C=O) groups excluding carboxylic acids is 2. The summed E-state index contributed by atoms with van der Waals surface area (Å²) >= 11 is 0. The van der Waals surface area contributed by atoms with Gasteiger partial charge in [0, 0.05) is 5.39 Å². The predicted octanol–water partition coefficient (Wildman–Crippen LogP) is 1.76. The van der Waals surface area contributed by atoms with Crippen molar-refractivity contribution in [3.63, 3.8) is 0 Å². The van der Waals surface area contributed by atoms with E-state index >= 15 is 0 Å². The van der Waals surface area contributed by atoms with Gasteiger partial charge in [0.25, 0.3) is 0 Å². The SMILES string of the molecule is COC(=O)N[C@H](C(=O)On1ncc2ccccc21)C(C)(C)C. The van der Waals surface area contributed by atoms with Crippen LogP contribution in [0.3, 0.4) is 0 Å². The van der Waals surface area contributed by atoms with E-state index in [0.29, 0.717) is 5.52 Å². The van der Waals surface area contributed by atoms with E-state index in [4.69, 9.17) is 4.84 Å². The van der Waals surface area contributed by atoms with E-state index in [0.717, 1.165) is 10.2 Å². The normalized spacial score (nSPS) is 12.7. The molecule has 1 aromatic carbocycles. The van der Waals surface area contributed by atoms with Gasteiger partial charge in [0.15, 0.2) is 0 Å². The lowest BCUT2D eigenvalue weighted by atomic mass is 9.87. The standard InChI is InChI=1S/C15H19N3O4/c1-15(2,3)12(17-14(20)21-4)13(19)22-18-11-8-6-5-7-10(11)9-16-18/h5-9,12H,1-4H3,(H,17,20)/t12-/m1/s1. The van der Waals surface area contributed by atoms with Gasteiger partial charge in [-0.3, -0.25) is 0 Å². The molecule has 0 saturated carbocycles. The zero-order valence-corrected chi connectivity index (χ0v) is 13.0. The highest BCUT2D eigenvalue weighted by molar-refractivity contribution is 5.83. The number of aromatic nitrogens is 2. The van der Waals surface area contributed by atoms with E-state index in [2.05, 4.69) is 15.2 Å². The lowest BCUT2D eigenvalue weighted by Crippen LogP contribution is -2.52. The van der Waals surface area contributed by atoms with Gasteiger partial charge in [-0.05, 0) is 11.5 Å². The van der Waals surface area contributed by atoms with Crippen LogP contribution in [0.25, 0.3) is 10.9 Å². The number of nitrogens with one attached hydrogen (secondary N) is 1. The highest BCUT2D eigenvalue weighted by Gasteiger charge is 2.35. The van der Waals surface area contributed by atoms with Crippen LogP contribution < -0.4 is 10.2 Å². The molecule has 0 bridgehead atoms. The Bertz CT molecular complexity index is 687. The number of methoxy groups -OCH3 is 1. The number of nitrogens with zero attached hydrogens (tertiary/aromatic N) is 2. The third-order valence-electron chi connectivity index (χ3n) is 3.17. The Morgan fingerprint density at radius 3 is 2.59 bits per heavy atom. The lowest BCUT2D eigenvalue weighted by molar-refractivity contribution is -0.150. The first kappa shape index (κ1) is 15.8. The molecule has 1 aromatic heterocycles. The third kappa shape index (κ3) is 3.36. The van der Waals surface area contributed by atoms with Crippen molar-refractivity contribution >= 4 is 23.0 Å². The van der Waals surface area contributed by atoms with Crippen LogP contribution in [0.2, 0.25) is 0 Å². The molecule has 7 heteroatoms. The Balaban J connectivity index is 2.22. The fourth-order valence-electron chi connectivity index (χ4n) is 1.96. The summed E-state index contributed by atoms with van der Waals surface area (Å²) in [5.74, 6) is -0.619. The van der Waals surface area contributed by atoms with Gasteiger partial charge in [0.1, 0.15) is 11.6 Å². The maximum atomic E-state index is 12.4. The van der Waals surface area contributed by atoms with Crippen molar-refractivity contribution in [3.8, 4) is 0 Å². The molecule has 1 amide bonds. The van der Waals surface area contributed by atoms with Gasteiger partial charge in [-0.1, -0.05) is 43.8 Å². The molecule has 2 aromatic rings. The summed E-state index contributed by atoms with van der Waals surface area (Å²) in [5, 5.41) is 7.37. The summed E-state index contributed by atoms with van der Waals surface area (Å²) < 4.78 is 4.55. The van der Waals surface area contributed by atoms with Crippen LogP contribution >= 0.6 is 0 Å². The molecule has 22 heavy (non-hydrogen) atoms. The van der Waals surface area contributed by atoms with Crippen LogP contribution in [-0.2, 0) is 9.53 Å². The number of para-hydroxylation sites is 1. The number of carbonyl (C=O) groups is 2. The molecule has 7 nitrogen and oxygen atoms in total. The fourth-order valence-corrected chi connectivity index (χ4v) is 1.96. The zero-order chi connectivity index (χ0) is 16.3. The van der Waals surface area contributed by atoms with Crippen molar-refractivity contribution < 1.29 is 19.2 Å². The van der Waals surface area contributed by atoms with Crippen LogP contribution in [0.4, 0.5) is 4.79 Å². The van der Waals surface area contributed by atoms with Crippen molar-refractivity contribution in [2.45, 2.75) is 26.8 Å². The van der Waals surface area contributed by atoms with Gasteiger partial charge in [0.05, 0.1) is 13.3 Å². The van der Waals surface area contributed by atoms with Gasteiger partial charge in [-0.2, -0.15) is 0 Å². The minimum atomic E-state index is -0.872. The molecule has 1 atom stereocenters. The molecule has 0 aliphatic rings. The first-order valence-electron chi connectivity index (χ1n) is 6.82. The molecular formula is C15H19N3O4. The Hall–Kier alpha value is -2.57. The first-order valence-corrected chi connectivity index (χ1v) is 6.82. The van der Waals surface area contributed by atoms with Crippen LogP contribution in [0.5, 0.6) is 0 Å². The number of hydrogen-bond acceptors (Lipinski definition) is 5. The van der Waals surface area contributed by atoms with E-state index in [-0.39, 0.29) is 0 Å². The smallest absolute Gasteiger partial charge is 0.407 e. The summed E-state index contributed by atoms with van der Waals surface area (Å²) in [4.78, 5) is 30.3. The number of fused-ring (bicyclic) bond motifs is 1. The monoisotopic (exact) mass is 305 g/mol. The molecule has 118 valence electrons. The van der Waals surface area contributed by atoms with Crippen LogP contribution in [0.1, 0.15) is 20.8 Å². The molecular weight excluding hydrogens is 286 g/mol. The van der Waals surface area contributed by atoms with Gasteiger partial charge >= 0.3 is 12.1 Å². The number of ether oxygens (including phenoxy) is 1. The second-order valence-corrected chi connectivity index (χ2v) is 5.92. The predicted molar refractivity (Wildman–Crippen MR) is 80.1 cm³/mol. The Kier molecular flexibility index (Phi) is 4.35. The van der Waals surface area contributed by atoms with E-state index in [9.17, 15) is 9.59 Å². The van der Waals surface area contributed by atoms with Crippen molar-refractivity contribution in [2.24, 2.45) is 5.41 Å². The summed E-state index contributed by atoms with van der Waals surface area (Å²) in [7, 11) is 1.24. The van der Waals surface area contributed by atoms with Crippen molar-refractivity contribution in [1.82, 2.24) is 15.3 Å². The molecule has 0 aliphatic carbocycles. The average Bonchev–Trinajstić information content (AvgIpc) is 2.86. The third-order valence-corrected chi connectivity index (χ3v) is 3.17. The molecule has 0 radical (unpaired) electrons. The zero-order valence-electron chi connectivity index (χ0n) is 13.0. The van der Waals surface area contributed by atoms with Gasteiger partial charge < -0.3 is 14.9 Å². The summed E-state index contributed by atoms with van der Waals surface area (Å²) in [6, 6.07) is 6.47. The summed E-state index contributed by atoms with van der Waals surface area (Å²) in [6.45, 7) is 5.45. The number of alkyl carbamates (subject to hydrolysis) is 1. The molecule has 1 heterocycles. The van der Waals surface area contributed by atoms with Crippen molar-refractivity contribution in [3.05, 3.63) is 30.5 Å². The number of hydrogen-bond donors (Lipinski definition) is 1. The second-order valence-electron chi connectivity index (χ2n) is 5.92. The number of benzene rings is 1. The van der Waals surface area contributed by atoms with Gasteiger partial charge in [-0.25, -0.2) is 9.59 Å². The highest BCUT2D eigenvalue weighted by Crippen LogP contribution is 2.20. The first-order chi connectivity index (χ1) is 10.3. The van der Waals surface area contributed by atoms with Crippen LogP contribution in [-0.4, -0.2) is 35.2 Å². The second kappa shape index (κ2) is 6.05. The fraction of sp³-hybridized carbons (Fsp3) is 0.400. The van der Waals surface area contributed by atoms with E-state index < -0.39 is 23.5 Å². The van der Waals surface area contributed by atoms with Gasteiger partial charge in [0.2, 0.25) is 0 Å². The molecule has 0 saturated heterocycles. The molecule has 0 unspecified atom stereocenters. The molecule has 1 N–H and O–H groups in total. The van der Waals surface area contributed by atoms with E-state index in [1.54, 1.807) is 12.3 Å². The maximum absolute atomic E-state index is 12.4. The molecule has 0 spiro atoms. The van der Waals surface area contributed by atoms with Crippen molar-refractivity contribution in [1.29, 1.82) is 0 Å². The summed E-state index contributed by atoms with van der Waals surface area (Å²) in [6.07, 6.45) is 0.907. The number of amides is 1. The highest BCUT2D eigenvalue weighted by atomic mass is 16.7. The Labute approximate surface area is 128 Å². The maximum Gasteiger partial charge on any atom is 0.407 e. The van der Waals surface area contributed by atoms with E-state index in [1.807, 2.05) is 39.0 Å². The quantitative estimate of drug-likeness (QED) is 0.934. The lowest BCUT2D eigenvalue weighted by Gasteiger charge is -2.28. The average molecular weight is 305 g/mol. The molecule has 2 rings (SSSR count). The van der Waals surface area contributed by atoms with Crippen LogP contribution in [0, 0.1) is 5.41 Å².